The van der Waals surface area contributed by atoms with Crippen LogP contribution in [0.5, 0.6) is 0 Å². The molecule has 2 atom stereocenters. The highest BCUT2D eigenvalue weighted by Gasteiger charge is 2.43. The Morgan fingerprint density at radius 1 is 1.28 bits per heavy atom. The fraction of sp³-hybridized carbons (Fsp3) is 0.158. The Morgan fingerprint density at radius 3 is 2.88 bits per heavy atom. The van der Waals surface area contributed by atoms with Gasteiger partial charge in [-0.1, -0.05) is 6.07 Å². The maximum Gasteiger partial charge on any atom is 0.230 e. The van der Waals surface area contributed by atoms with Gasteiger partial charge in [0.1, 0.15) is 5.82 Å². The largest absolute Gasteiger partial charge is 0.398 e. The van der Waals surface area contributed by atoms with Crippen molar-refractivity contribution in [2.45, 2.75) is 6.42 Å². The third-order valence-electron chi connectivity index (χ3n) is 4.41. The van der Waals surface area contributed by atoms with Crippen LogP contribution in [0, 0.1) is 23.2 Å². The summed E-state index contributed by atoms with van der Waals surface area (Å²) in [5.74, 6) is -0.0961. The minimum atomic E-state index is -0.228. The molecule has 0 radical (unpaired) electrons. The van der Waals surface area contributed by atoms with E-state index in [-0.39, 0.29) is 17.7 Å². The van der Waals surface area contributed by atoms with Crippen molar-refractivity contribution in [1.29, 1.82) is 5.26 Å². The van der Waals surface area contributed by atoms with Gasteiger partial charge in [-0.25, -0.2) is 4.98 Å². The van der Waals surface area contributed by atoms with Crippen molar-refractivity contribution in [3.63, 3.8) is 0 Å². The smallest absolute Gasteiger partial charge is 0.230 e. The highest BCUT2D eigenvalue weighted by molar-refractivity contribution is 6.00. The number of aromatic nitrogens is 2. The number of nitrogens with two attached hydrogens (primary N) is 1. The van der Waals surface area contributed by atoms with Gasteiger partial charge in [-0.3, -0.25) is 9.78 Å². The number of anilines is 2. The van der Waals surface area contributed by atoms with E-state index in [0.29, 0.717) is 17.9 Å². The molecule has 1 aliphatic rings. The van der Waals surface area contributed by atoms with Crippen molar-refractivity contribution in [2.75, 3.05) is 11.1 Å². The van der Waals surface area contributed by atoms with Crippen molar-refractivity contribution < 1.29 is 4.79 Å². The molecular weight excluding hydrogens is 314 g/mol. The van der Waals surface area contributed by atoms with E-state index in [1.165, 1.54) is 0 Å². The van der Waals surface area contributed by atoms with Gasteiger partial charge in [-0.15, -0.1) is 0 Å². The Morgan fingerprint density at radius 2 is 2.16 bits per heavy atom. The van der Waals surface area contributed by atoms with Crippen LogP contribution in [0.1, 0.15) is 6.42 Å². The predicted molar refractivity (Wildman–Crippen MR) is 95.2 cm³/mol. The first-order chi connectivity index (χ1) is 12.2. The molecule has 0 spiro atoms. The lowest BCUT2D eigenvalue weighted by Crippen LogP contribution is -2.15. The number of carbonyl (C=O) groups excluding carboxylic acids is 1. The van der Waals surface area contributed by atoms with Gasteiger partial charge in [-0.2, -0.15) is 5.26 Å². The molecule has 4 rings (SSSR count). The van der Waals surface area contributed by atoms with Crippen LogP contribution in [-0.2, 0) is 4.79 Å². The summed E-state index contributed by atoms with van der Waals surface area (Å²) in [6.45, 7) is 0. The quantitative estimate of drug-likeness (QED) is 0.719. The van der Waals surface area contributed by atoms with E-state index in [2.05, 4.69) is 21.4 Å². The molecule has 2 aromatic heterocycles. The maximum absolute atomic E-state index is 12.1. The minimum Gasteiger partial charge on any atom is -0.398 e. The summed E-state index contributed by atoms with van der Waals surface area (Å²) < 4.78 is 0. The monoisotopic (exact) mass is 329 g/mol. The first-order valence-corrected chi connectivity index (χ1v) is 7.96. The summed E-state index contributed by atoms with van der Waals surface area (Å²) in [6.07, 6.45) is 5.77. The summed E-state index contributed by atoms with van der Waals surface area (Å²) in [6, 6.07) is 11.6. The summed E-state index contributed by atoms with van der Waals surface area (Å²) in [5, 5.41) is 13.3. The second kappa shape index (κ2) is 5.87. The lowest BCUT2D eigenvalue weighted by molar-refractivity contribution is -0.117. The average Bonchev–Trinajstić information content (AvgIpc) is 3.42. The SMILES string of the molecule is N#CC1CC1C(=O)Nc1cc2cc(-c3cccnc3)cc(N)c2cn1. The third kappa shape index (κ3) is 2.88. The number of amides is 1. The molecule has 2 heterocycles. The number of hydrogen-bond donors (Lipinski definition) is 2. The zero-order valence-corrected chi connectivity index (χ0v) is 13.3. The van der Waals surface area contributed by atoms with Crippen LogP contribution < -0.4 is 11.1 Å². The van der Waals surface area contributed by atoms with E-state index in [1.54, 1.807) is 24.7 Å². The van der Waals surface area contributed by atoms with Crippen LogP contribution >= 0.6 is 0 Å². The molecule has 1 amide bonds. The van der Waals surface area contributed by atoms with Crippen molar-refractivity contribution in [1.82, 2.24) is 9.97 Å². The van der Waals surface area contributed by atoms with Crippen molar-refractivity contribution in [3.05, 3.63) is 48.9 Å². The first kappa shape index (κ1) is 15.1. The van der Waals surface area contributed by atoms with Gasteiger partial charge in [0.2, 0.25) is 5.91 Å². The van der Waals surface area contributed by atoms with E-state index in [1.807, 2.05) is 24.3 Å². The van der Waals surface area contributed by atoms with E-state index in [4.69, 9.17) is 11.0 Å². The number of carbonyl (C=O) groups is 1. The van der Waals surface area contributed by atoms with Gasteiger partial charge in [0.05, 0.1) is 17.9 Å². The molecule has 0 aliphatic heterocycles. The number of hydrogen-bond acceptors (Lipinski definition) is 5. The van der Waals surface area contributed by atoms with E-state index in [9.17, 15) is 4.79 Å². The fourth-order valence-corrected chi connectivity index (χ4v) is 2.90. The number of nitrogen functional groups attached to an aromatic ring is 1. The van der Waals surface area contributed by atoms with E-state index in [0.717, 1.165) is 21.9 Å². The number of nitrogens with zero attached hydrogens (tertiary/aromatic N) is 3. The predicted octanol–water partition coefficient (Wildman–Crippen LogP) is 2.98. The van der Waals surface area contributed by atoms with Gasteiger partial charge in [0.15, 0.2) is 0 Å². The average molecular weight is 329 g/mol. The Balaban J connectivity index is 1.67. The second-order valence-corrected chi connectivity index (χ2v) is 6.16. The lowest BCUT2D eigenvalue weighted by Gasteiger charge is -2.09. The van der Waals surface area contributed by atoms with Gasteiger partial charge < -0.3 is 11.1 Å². The summed E-state index contributed by atoms with van der Waals surface area (Å²) >= 11 is 0. The normalized spacial score (nSPS) is 18.5. The molecule has 1 aliphatic carbocycles. The Labute approximate surface area is 144 Å². The number of nitrogens with one attached hydrogen (secondary N) is 1. The standard InChI is InChI=1S/C19H15N5O/c20-8-14-5-15(14)19(25)24-18-7-13-4-12(11-2-1-3-22-9-11)6-17(21)16(13)10-23-18/h1-4,6-7,9-10,14-15H,5,21H2,(H,23,24,25). The van der Waals surface area contributed by atoms with Gasteiger partial charge in [0.25, 0.3) is 0 Å². The molecule has 1 fully saturated rings. The van der Waals surface area contributed by atoms with Crippen molar-refractivity contribution in [2.24, 2.45) is 11.8 Å². The molecule has 122 valence electrons. The summed E-state index contributed by atoms with van der Waals surface area (Å²) in [5.41, 5.74) is 8.69. The van der Waals surface area contributed by atoms with Crippen LogP contribution in [0.4, 0.5) is 11.5 Å². The van der Waals surface area contributed by atoms with Crippen LogP contribution in [0.3, 0.4) is 0 Å². The van der Waals surface area contributed by atoms with Gasteiger partial charge in [-0.05, 0) is 41.6 Å². The number of fused-ring (bicyclic) bond motifs is 1. The van der Waals surface area contributed by atoms with E-state index >= 15 is 0 Å². The Hall–Kier alpha value is -3.46. The number of pyridine rings is 2. The van der Waals surface area contributed by atoms with E-state index < -0.39 is 0 Å². The topological polar surface area (TPSA) is 105 Å². The van der Waals surface area contributed by atoms with Crippen LogP contribution in [0.15, 0.2) is 48.9 Å². The van der Waals surface area contributed by atoms with Crippen LogP contribution in [0.2, 0.25) is 0 Å². The molecule has 25 heavy (non-hydrogen) atoms. The minimum absolute atomic E-state index is 0.158. The molecule has 1 aromatic carbocycles. The molecule has 2 unspecified atom stereocenters. The molecule has 0 saturated heterocycles. The summed E-state index contributed by atoms with van der Waals surface area (Å²) in [4.78, 5) is 20.5. The molecule has 6 nitrogen and oxygen atoms in total. The molecule has 3 aromatic rings. The zero-order valence-electron chi connectivity index (χ0n) is 13.3. The highest BCUT2D eigenvalue weighted by Crippen LogP contribution is 2.38. The zero-order chi connectivity index (χ0) is 17.4. The highest BCUT2D eigenvalue weighted by atomic mass is 16.2. The number of rotatable bonds is 3. The first-order valence-electron chi connectivity index (χ1n) is 7.96. The second-order valence-electron chi connectivity index (χ2n) is 6.16. The van der Waals surface area contributed by atoms with Crippen LogP contribution in [0.25, 0.3) is 21.9 Å². The van der Waals surface area contributed by atoms with Gasteiger partial charge in [0, 0.05) is 35.2 Å². The third-order valence-corrected chi connectivity index (χ3v) is 4.41. The molecule has 6 heteroatoms. The Bertz CT molecular complexity index is 1010. The maximum atomic E-state index is 12.1. The number of benzene rings is 1. The van der Waals surface area contributed by atoms with Gasteiger partial charge >= 0.3 is 0 Å². The lowest BCUT2D eigenvalue weighted by atomic mass is 10.0. The summed E-state index contributed by atoms with van der Waals surface area (Å²) in [7, 11) is 0. The van der Waals surface area contributed by atoms with Crippen LogP contribution in [-0.4, -0.2) is 15.9 Å². The van der Waals surface area contributed by atoms with Crippen molar-refractivity contribution >= 4 is 28.2 Å². The Kier molecular flexibility index (Phi) is 3.55. The molecule has 3 N–H and O–H groups in total. The fourth-order valence-electron chi connectivity index (χ4n) is 2.90. The number of nitriles is 1. The molecular formula is C19H15N5O. The molecule has 0 bridgehead atoms. The molecule has 1 saturated carbocycles. The van der Waals surface area contributed by atoms with Crippen molar-refractivity contribution in [3.8, 4) is 17.2 Å².